The summed E-state index contributed by atoms with van der Waals surface area (Å²) >= 11 is 7.09. The van der Waals surface area contributed by atoms with Gasteiger partial charge in [0.1, 0.15) is 0 Å². The third-order valence-corrected chi connectivity index (χ3v) is 5.03. The summed E-state index contributed by atoms with van der Waals surface area (Å²) in [5.74, 6) is 1.46. The molecule has 6 heteroatoms. The fourth-order valence-electron chi connectivity index (χ4n) is 1.58. The SMILES string of the molecule is O=C(CN1CCS(=O)CC1)c1ccc(Cl)s1. The second kappa shape index (κ2) is 5.40. The Bertz CT molecular complexity index is 409. The summed E-state index contributed by atoms with van der Waals surface area (Å²) < 4.78 is 11.8. The number of carbonyl (C=O) groups excluding carboxylic acids is 1. The van der Waals surface area contributed by atoms with Crippen LogP contribution in [0.4, 0.5) is 0 Å². The van der Waals surface area contributed by atoms with Crippen molar-refractivity contribution in [2.45, 2.75) is 0 Å². The number of hydrogen-bond acceptors (Lipinski definition) is 4. The molecule has 0 spiro atoms. The van der Waals surface area contributed by atoms with E-state index in [2.05, 4.69) is 4.90 Å². The first-order valence-electron chi connectivity index (χ1n) is 5.01. The van der Waals surface area contributed by atoms with Gasteiger partial charge in [-0.2, -0.15) is 0 Å². The van der Waals surface area contributed by atoms with Gasteiger partial charge in [0, 0.05) is 35.4 Å². The van der Waals surface area contributed by atoms with Crippen LogP contribution in [-0.4, -0.2) is 46.0 Å². The zero-order valence-electron chi connectivity index (χ0n) is 8.65. The molecule has 1 aromatic rings. The summed E-state index contributed by atoms with van der Waals surface area (Å²) in [6.45, 7) is 1.91. The quantitative estimate of drug-likeness (QED) is 0.789. The molecular weight excluding hydrogens is 266 g/mol. The van der Waals surface area contributed by atoms with Crippen molar-refractivity contribution in [2.24, 2.45) is 0 Å². The standard InChI is InChI=1S/C10H12ClNO2S2/c11-10-2-1-9(15-10)8(13)7-12-3-5-16(14)6-4-12/h1-2H,3-7H2. The molecule has 1 aromatic heterocycles. The Labute approximate surface area is 106 Å². The summed E-state index contributed by atoms with van der Waals surface area (Å²) in [6.07, 6.45) is 0. The lowest BCUT2D eigenvalue weighted by atomic mass is 10.3. The number of ketones is 1. The van der Waals surface area contributed by atoms with Crippen LogP contribution in [0.5, 0.6) is 0 Å². The average molecular weight is 278 g/mol. The van der Waals surface area contributed by atoms with Crippen LogP contribution in [-0.2, 0) is 10.8 Å². The number of nitrogens with zero attached hydrogens (tertiary/aromatic N) is 1. The Morgan fingerprint density at radius 2 is 2.12 bits per heavy atom. The molecule has 1 saturated heterocycles. The van der Waals surface area contributed by atoms with Crippen LogP contribution in [0.15, 0.2) is 12.1 Å². The van der Waals surface area contributed by atoms with Gasteiger partial charge in [-0.05, 0) is 12.1 Å². The molecule has 2 rings (SSSR count). The number of halogens is 1. The number of hydrogen-bond donors (Lipinski definition) is 0. The first kappa shape index (κ1) is 12.2. The molecule has 1 fully saturated rings. The van der Waals surface area contributed by atoms with E-state index >= 15 is 0 Å². The number of Topliss-reactive ketones (excluding diaryl/α,β-unsaturated/α-hetero) is 1. The largest absolute Gasteiger partial charge is 0.294 e. The van der Waals surface area contributed by atoms with Crippen molar-refractivity contribution in [3.63, 3.8) is 0 Å². The Morgan fingerprint density at radius 1 is 1.44 bits per heavy atom. The molecular formula is C10H12ClNO2S2. The summed E-state index contributed by atoms with van der Waals surface area (Å²) in [5, 5.41) is 0. The second-order valence-corrected chi connectivity index (χ2v) is 7.06. The van der Waals surface area contributed by atoms with Crippen molar-refractivity contribution >= 4 is 39.5 Å². The van der Waals surface area contributed by atoms with E-state index in [1.807, 2.05) is 0 Å². The summed E-state index contributed by atoms with van der Waals surface area (Å²) in [5.41, 5.74) is 0. The average Bonchev–Trinajstić information content (AvgIpc) is 2.68. The van der Waals surface area contributed by atoms with Crippen LogP contribution in [0.25, 0.3) is 0 Å². The molecule has 0 unspecified atom stereocenters. The van der Waals surface area contributed by atoms with Crippen LogP contribution in [0.1, 0.15) is 9.67 Å². The zero-order valence-corrected chi connectivity index (χ0v) is 11.0. The molecule has 0 radical (unpaired) electrons. The Balaban J connectivity index is 1.90. The van der Waals surface area contributed by atoms with E-state index in [0.717, 1.165) is 13.1 Å². The smallest absolute Gasteiger partial charge is 0.186 e. The van der Waals surface area contributed by atoms with Crippen molar-refractivity contribution in [1.82, 2.24) is 4.90 Å². The highest BCUT2D eigenvalue weighted by molar-refractivity contribution is 7.85. The van der Waals surface area contributed by atoms with E-state index in [1.54, 1.807) is 12.1 Å². The van der Waals surface area contributed by atoms with Gasteiger partial charge in [-0.25, -0.2) is 0 Å². The minimum atomic E-state index is -0.688. The molecule has 1 aliphatic rings. The van der Waals surface area contributed by atoms with Gasteiger partial charge in [0.25, 0.3) is 0 Å². The van der Waals surface area contributed by atoms with Gasteiger partial charge < -0.3 is 0 Å². The molecule has 1 aliphatic heterocycles. The molecule has 0 aliphatic carbocycles. The van der Waals surface area contributed by atoms with E-state index in [-0.39, 0.29) is 5.78 Å². The van der Waals surface area contributed by atoms with Crippen LogP contribution >= 0.6 is 22.9 Å². The molecule has 0 saturated carbocycles. The number of rotatable bonds is 3. The van der Waals surface area contributed by atoms with Gasteiger partial charge in [0.05, 0.1) is 15.8 Å². The van der Waals surface area contributed by atoms with Crippen LogP contribution in [0, 0.1) is 0 Å². The predicted octanol–water partition coefficient (Wildman–Crippen LogP) is 1.65. The minimum absolute atomic E-state index is 0.101. The van der Waals surface area contributed by atoms with E-state index in [4.69, 9.17) is 11.6 Å². The maximum absolute atomic E-state index is 11.8. The minimum Gasteiger partial charge on any atom is -0.294 e. The van der Waals surface area contributed by atoms with Gasteiger partial charge in [-0.15, -0.1) is 11.3 Å². The van der Waals surface area contributed by atoms with Crippen LogP contribution in [0.3, 0.4) is 0 Å². The van der Waals surface area contributed by atoms with Crippen molar-refractivity contribution in [1.29, 1.82) is 0 Å². The normalized spacial score (nSPS) is 18.8. The van der Waals surface area contributed by atoms with E-state index in [9.17, 15) is 9.00 Å². The molecule has 0 atom stereocenters. The van der Waals surface area contributed by atoms with Crippen LogP contribution in [0.2, 0.25) is 4.34 Å². The molecule has 2 heterocycles. The molecule has 16 heavy (non-hydrogen) atoms. The van der Waals surface area contributed by atoms with Gasteiger partial charge >= 0.3 is 0 Å². The van der Waals surface area contributed by atoms with Crippen molar-refractivity contribution in [2.75, 3.05) is 31.1 Å². The molecule has 3 nitrogen and oxygen atoms in total. The van der Waals surface area contributed by atoms with Crippen molar-refractivity contribution in [3.05, 3.63) is 21.3 Å². The number of thiophene rings is 1. The Morgan fingerprint density at radius 3 is 2.69 bits per heavy atom. The van der Waals surface area contributed by atoms with Crippen molar-refractivity contribution in [3.8, 4) is 0 Å². The van der Waals surface area contributed by atoms with Crippen molar-refractivity contribution < 1.29 is 9.00 Å². The molecule has 88 valence electrons. The third-order valence-electron chi connectivity index (χ3n) is 2.49. The molecule has 0 bridgehead atoms. The van der Waals surface area contributed by atoms with E-state index in [0.29, 0.717) is 27.3 Å². The van der Waals surface area contributed by atoms with Gasteiger partial charge in [0.2, 0.25) is 0 Å². The Kier molecular flexibility index (Phi) is 4.13. The third kappa shape index (κ3) is 3.13. The molecule has 0 N–H and O–H groups in total. The van der Waals surface area contributed by atoms with Gasteiger partial charge in [-0.3, -0.25) is 13.9 Å². The van der Waals surface area contributed by atoms with Crippen LogP contribution < -0.4 is 0 Å². The summed E-state index contributed by atoms with van der Waals surface area (Å²) in [7, 11) is -0.688. The molecule has 0 amide bonds. The fraction of sp³-hybridized carbons (Fsp3) is 0.500. The first-order valence-corrected chi connectivity index (χ1v) is 7.69. The highest BCUT2D eigenvalue weighted by Crippen LogP contribution is 2.22. The first-order chi connectivity index (χ1) is 7.65. The number of carbonyl (C=O) groups is 1. The monoisotopic (exact) mass is 277 g/mol. The maximum atomic E-state index is 11.8. The fourth-order valence-corrected chi connectivity index (χ4v) is 3.68. The maximum Gasteiger partial charge on any atom is 0.186 e. The summed E-state index contributed by atoms with van der Waals surface area (Å²) in [6, 6.07) is 3.50. The topological polar surface area (TPSA) is 37.4 Å². The van der Waals surface area contributed by atoms with E-state index in [1.165, 1.54) is 11.3 Å². The Hall–Kier alpha value is -0.230. The van der Waals surface area contributed by atoms with Gasteiger partial charge in [0.15, 0.2) is 5.78 Å². The summed E-state index contributed by atoms with van der Waals surface area (Å²) in [4.78, 5) is 14.6. The highest BCUT2D eigenvalue weighted by atomic mass is 35.5. The lowest BCUT2D eigenvalue weighted by molar-refractivity contribution is 0.0940. The zero-order chi connectivity index (χ0) is 11.5. The molecule has 0 aromatic carbocycles. The second-order valence-electron chi connectivity index (χ2n) is 3.65. The van der Waals surface area contributed by atoms with E-state index < -0.39 is 10.8 Å². The lowest BCUT2D eigenvalue weighted by Crippen LogP contribution is -2.40. The highest BCUT2D eigenvalue weighted by Gasteiger charge is 2.19. The predicted molar refractivity (Wildman–Crippen MR) is 68.0 cm³/mol. The lowest BCUT2D eigenvalue weighted by Gasteiger charge is -2.24. The van der Waals surface area contributed by atoms with Gasteiger partial charge in [-0.1, -0.05) is 11.6 Å².